The van der Waals surface area contributed by atoms with Gasteiger partial charge in [0, 0.05) is 12.1 Å². The number of anilines is 2. The average molecular weight is 288 g/mol. The van der Waals surface area contributed by atoms with Crippen molar-refractivity contribution in [3.05, 3.63) is 50.7 Å². The van der Waals surface area contributed by atoms with Crippen LogP contribution in [-0.2, 0) is 6.54 Å². The van der Waals surface area contributed by atoms with Crippen LogP contribution < -0.4 is 27.0 Å². The van der Waals surface area contributed by atoms with Crippen LogP contribution in [0.1, 0.15) is 18.5 Å². The first-order valence-corrected chi connectivity index (χ1v) is 6.72. The van der Waals surface area contributed by atoms with E-state index < -0.39 is 11.2 Å². The average Bonchev–Trinajstić information content (AvgIpc) is 2.87. The summed E-state index contributed by atoms with van der Waals surface area (Å²) in [5.74, 6) is 0.921. The van der Waals surface area contributed by atoms with Crippen molar-refractivity contribution in [3.63, 3.8) is 0 Å². The molecule has 0 aliphatic carbocycles. The number of rotatable bonds is 3. The van der Waals surface area contributed by atoms with E-state index in [9.17, 15) is 9.59 Å². The van der Waals surface area contributed by atoms with Gasteiger partial charge in [-0.3, -0.25) is 14.3 Å². The zero-order valence-corrected chi connectivity index (χ0v) is 11.6. The van der Waals surface area contributed by atoms with E-state index >= 15 is 0 Å². The first-order valence-electron chi connectivity index (χ1n) is 6.72. The Morgan fingerprint density at radius 3 is 2.95 bits per heavy atom. The predicted octanol–water partition coefficient (Wildman–Crippen LogP) is 0.684. The van der Waals surface area contributed by atoms with Gasteiger partial charge in [0.25, 0.3) is 5.56 Å². The fourth-order valence-corrected chi connectivity index (χ4v) is 2.50. The van der Waals surface area contributed by atoms with Gasteiger partial charge < -0.3 is 15.8 Å². The number of nitrogens with one attached hydrogen (secondary N) is 2. The van der Waals surface area contributed by atoms with Crippen LogP contribution in [0.4, 0.5) is 11.5 Å². The summed E-state index contributed by atoms with van der Waals surface area (Å²) in [7, 11) is 0. The van der Waals surface area contributed by atoms with E-state index in [0.29, 0.717) is 13.2 Å². The summed E-state index contributed by atoms with van der Waals surface area (Å²) in [5, 5.41) is 3.08. The molecule has 110 valence electrons. The Bertz CT molecular complexity index is 794. The standard InChI is InChI=1S/C14H16N4O3/c1-2-18-12(15)11(13(19)17-14(18)20)16-9-7-21-10-6-4-3-5-8(9)10/h3-6,9,16H,2,7,15H2,1H3,(H,17,19,20). The van der Waals surface area contributed by atoms with Crippen molar-refractivity contribution < 1.29 is 4.74 Å². The van der Waals surface area contributed by atoms with Crippen molar-refractivity contribution in [2.45, 2.75) is 19.5 Å². The second-order valence-electron chi connectivity index (χ2n) is 4.81. The van der Waals surface area contributed by atoms with E-state index in [1.54, 1.807) is 6.92 Å². The Hall–Kier alpha value is -2.70. The number of benzene rings is 1. The molecule has 0 saturated heterocycles. The summed E-state index contributed by atoms with van der Waals surface area (Å²) in [4.78, 5) is 25.9. The number of ether oxygens (including phenoxy) is 1. The molecule has 2 aromatic rings. The Morgan fingerprint density at radius 1 is 1.43 bits per heavy atom. The molecule has 0 fully saturated rings. The molecule has 2 heterocycles. The number of fused-ring (bicyclic) bond motifs is 1. The zero-order chi connectivity index (χ0) is 15.0. The SMILES string of the molecule is CCn1c(N)c(NC2COc3ccccc32)c(=O)[nH]c1=O. The Balaban J connectivity index is 2.01. The fourth-order valence-electron chi connectivity index (χ4n) is 2.50. The van der Waals surface area contributed by atoms with Gasteiger partial charge in [-0.15, -0.1) is 0 Å². The molecule has 1 atom stereocenters. The van der Waals surface area contributed by atoms with Gasteiger partial charge in [-0.25, -0.2) is 4.79 Å². The summed E-state index contributed by atoms with van der Waals surface area (Å²) in [6.45, 7) is 2.57. The van der Waals surface area contributed by atoms with Gasteiger partial charge in [-0.05, 0) is 13.0 Å². The first-order chi connectivity index (χ1) is 10.1. The van der Waals surface area contributed by atoms with Crippen molar-refractivity contribution in [1.29, 1.82) is 0 Å². The summed E-state index contributed by atoms with van der Waals surface area (Å²) >= 11 is 0. The number of hydrogen-bond donors (Lipinski definition) is 3. The molecular weight excluding hydrogens is 272 g/mol. The molecule has 7 heteroatoms. The number of aromatic nitrogens is 2. The molecule has 0 amide bonds. The molecule has 4 N–H and O–H groups in total. The summed E-state index contributed by atoms with van der Waals surface area (Å²) < 4.78 is 6.87. The molecule has 21 heavy (non-hydrogen) atoms. The minimum absolute atomic E-state index is 0.135. The molecule has 0 bridgehead atoms. The number of nitrogen functional groups attached to an aromatic ring is 1. The molecule has 1 aliphatic rings. The number of H-pyrrole nitrogens is 1. The van der Waals surface area contributed by atoms with Gasteiger partial charge in [-0.1, -0.05) is 18.2 Å². The van der Waals surface area contributed by atoms with E-state index in [2.05, 4.69) is 10.3 Å². The predicted molar refractivity (Wildman–Crippen MR) is 79.7 cm³/mol. The topological polar surface area (TPSA) is 102 Å². The van der Waals surface area contributed by atoms with Gasteiger partial charge in [0.1, 0.15) is 23.9 Å². The largest absolute Gasteiger partial charge is 0.491 e. The van der Waals surface area contributed by atoms with Crippen LogP contribution in [0.15, 0.2) is 33.9 Å². The van der Waals surface area contributed by atoms with Crippen molar-refractivity contribution in [3.8, 4) is 5.75 Å². The molecule has 7 nitrogen and oxygen atoms in total. The van der Waals surface area contributed by atoms with Gasteiger partial charge >= 0.3 is 5.69 Å². The van der Waals surface area contributed by atoms with Crippen LogP contribution >= 0.6 is 0 Å². The molecule has 1 aromatic heterocycles. The highest BCUT2D eigenvalue weighted by molar-refractivity contribution is 5.62. The fraction of sp³-hybridized carbons (Fsp3) is 0.286. The van der Waals surface area contributed by atoms with Crippen LogP contribution in [-0.4, -0.2) is 16.2 Å². The van der Waals surface area contributed by atoms with Crippen molar-refractivity contribution in [2.75, 3.05) is 17.7 Å². The van der Waals surface area contributed by atoms with Gasteiger partial charge in [0.15, 0.2) is 0 Å². The maximum absolute atomic E-state index is 12.0. The molecule has 1 unspecified atom stereocenters. The van der Waals surface area contributed by atoms with E-state index in [-0.39, 0.29) is 17.5 Å². The van der Waals surface area contributed by atoms with Gasteiger partial charge in [-0.2, -0.15) is 0 Å². The minimum atomic E-state index is -0.522. The number of nitrogens with zero attached hydrogens (tertiary/aromatic N) is 1. The number of nitrogens with two attached hydrogens (primary N) is 1. The summed E-state index contributed by atoms with van der Waals surface area (Å²) in [6.07, 6.45) is 0. The van der Waals surface area contributed by atoms with Crippen molar-refractivity contribution in [1.82, 2.24) is 9.55 Å². The third-order valence-electron chi connectivity index (χ3n) is 3.57. The van der Waals surface area contributed by atoms with Crippen LogP contribution in [0.2, 0.25) is 0 Å². The first kappa shape index (κ1) is 13.3. The molecule has 1 aliphatic heterocycles. The normalized spacial score (nSPS) is 16.3. The van der Waals surface area contributed by atoms with E-state index in [1.807, 2.05) is 24.3 Å². The van der Waals surface area contributed by atoms with E-state index in [1.165, 1.54) is 4.57 Å². The van der Waals surface area contributed by atoms with Gasteiger partial charge in [0.2, 0.25) is 0 Å². The smallest absolute Gasteiger partial charge is 0.330 e. The van der Waals surface area contributed by atoms with E-state index in [4.69, 9.17) is 10.5 Å². The lowest BCUT2D eigenvalue weighted by Gasteiger charge is -2.16. The number of aromatic amines is 1. The van der Waals surface area contributed by atoms with Crippen molar-refractivity contribution >= 4 is 11.5 Å². The Morgan fingerprint density at radius 2 is 2.19 bits per heavy atom. The second kappa shape index (κ2) is 5.01. The van der Waals surface area contributed by atoms with Crippen molar-refractivity contribution in [2.24, 2.45) is 0 Å². The monoisotopic (exact) mass is 288 g/mol. The zero-order valence-electron chi connectivity index (χ0n) is 11.6. The summed E-state index contributed by atoms with van der Waals surface area (Å²) in [5.41, 5.74) is 6.07. The number of hydrogen-bond acceptors (Lipinski definition) is 5. The second-order valence-corrected chi connectivity index (χ2v) is 4.81. The Labute approximate surface area is 120 Å². The molecule has 1 aromatic carbocycles. The molecule has 0 spiro atoms. The third kappa shape index (κ3) is 2.16. The lowest BCUT2D eigenvalue weighted by atomic mass is 10.1. The quantitative estimate of drug-likeness (QED) is 0.771. The maximum Gasteiger partial charge on any atom is 0.330 e. The minimum Gasteiger partial charge on any atom is -0.491 e. The van der Waals surface area contributed by atoms with Crippen LogP contribution in [0.25, 0.3) is 0 Å². The highest BCUT2D eigenvalue weighted by Crippen LogP contribution is 2.34. The third-order valence-corrected chi connectivity index (χ3v) is 3.57. The van der Waals surface area contributed by atoms with Gasteiger partial charge in [0.05, 0.1) is 6.04 Å². The molecule has 3 rings (SSSR count). The molecule has 0 radical (unpaired) electrons. The summed E-state index contributed by atoms with van der Waals surface area (Å²) in [6, 6.07) is 7.42. The highest BCUT2D eigenvalue weighted by Gasteiger charge is 2.25. The van der Waals surface area contributed by atoms with Crippen LogP contribution in [0.3, 0.4) is 0 Å². The van der Waals surface area contributed by atoms with E-state index in [0.717, 1.165) is 11.3 Å². The number of para-hydroxylation sites is 1. The highest BCUT2D eigenvalue weighted by atomic mass is 16.5. The lowest BCUT2D eigenvalue weighted by Crippen LogP contribution is -2.34. The van der Waals surface area contributed by atoms with Crippen LogP contribution in [0.5, 0.6) is 5.75 Å². The van der Waals surface area contributed by atoms with Crippen LogP contribution in [0, 0.1) is 0 Å². The lowest BCUT2D eigenvalue weighted by molar-refractivity contribution is 0.339. The Kier molecular flexibility index (Phi) is 3.17. The molecule has 0 saturated carbocycles. The maximum atomic E-state index is 12.0. The molecular formula is C14H16N4O3.